The summed E-state index contributed by atoms with van der Waals surface area (Å²) >= 11 is 6.78. The van der Waals surface area contributed by atoms with Crippen molar-refractivity contribution in [2.24, 2.45) is 0 Å². The number of pyridine rings is 2. The van der Waals surface area contributed by atoms with Crippen LogP contribution in [0.25, 0.3) is 31.0 Å². The number of rotatable bonds is 1. The number of fused-ring (bicyclic) bond motifs is 2. The van der Waals surface area contributed by atoms with Gasteiger partial charge in [-0.15, -0.1) is 22.7 Å². The molecule has 176 valence electrons. The van der Waals surface area contributed by atoms with E-state index in [1.54, 1.807) is 22.7 Å². The van der Waals surface area contributed by atoms with Crippen molar-refractivity contribution in [2.45, 2.75) is 27.7 Å². The van der Waals surface area contributed by atoms with E-state index >= 15 is 0 Å². The molecule has 0 saturated heterocycles. The lowest BCUT2D eigenvalue weighted by Gasteiger charge is -2.00. The highest BCUT2D eigenvalue weighted by molar-refractivity contribution is 9.10. The molecule has 0 atom stereocenters. The first-order valence-electron chi connectivity index (χ1n) is 11.1. The zero-order valence-electron chi connectivity index (χ0n) is 20.0. The number of thiazole rings is 2. The van der Waals surface area contributed by atoms with Gasteiger partial charge < -0.3 is 0 Å². The van der Waals surface area contributed by atoms with Crippen molar-refractivity contribution in [3.8, 4) is 10.6 Å². The number of nitrogens with zero attached hydrogens (tertiary/aromatic N) is 4. The van der Waals surface area contributed by atoms with E-state index < -0.39 is 0 Å². The van der Waals surface area contributed by atoms with Gasteiger partial charge in [0, 0.05) is 32.8 Å². The maximum atomic E-state index is 4.66. The second-order valence-electron chi connectivity index (χ2n) is 8.01. The van der Waals surface area contributed by atoms with Gasteiger partial charge in [0.05, 0.1) is 25.9 Å². The van der Waals surface area contributed by atoms with Crippen LogP contribution < -0.4 is 0 Å². The van der Waals surface area contributed by atoms with Gasteiger partial charge in [-0.05, 0) is 76.2 Å². The first kappa shape index (κ1) is 25.1. The van der Waals surface area contributed by atoms with E-state index in [4.69, 9.17) is 0 Å². The van der Waals surface area contributed by atoms with E-state index in [0.717, 1.165) is 48.9 Å². The zero-order chi connectivity index (χ0) is 24.8. The third-order valence-electron chi connectivity index (χ3n) is 4.91. The molecule has 0 aliphatic heterocycles. The van der Waals surface area contributed by atoms with Gasteiger partial charge in [0.25, 0.3) is 0 Å². The van der Waals surface area contributed by atoms with Crippen molar-refractivity contribution < 1.29 is 0 Å². The van der Waals surface area contributed by atoms with Gasteiger partial charge in [-0.1, -0.05) is 40.2 Å². The molecule has 0 N–H and O–H groups in total. The summed E-state index contributed by atoms with van der Waals surface area (Å²) in [6, 6.07) is 24.5. The number of halogens is 1. The molecule has 0 saturated carbocycles. The van der Waals surface area contributed by atoms with Crippen molar-refractivity contribution in [1.29, 1.82) is 0 Å². The first-order valence-corrected chi connectivity index (χ1v) is 13.6. The van der Waals surface area contributed by atoms with E-state index in [9.17, 15) is 0 Å². The minimum Gasteiger partial charge on any atom is -0.258 e. The molecule has 6 rings (SSSR count). The Hall–Kier alpha value is -3.00. The number of hydrogen-bond donors (Lipinski definition) is 0. The lowest BCUT2D eigenvalue weighted by Crippen LogP contribution is -1.87. The van der Waals surface area contributed by atoms with Crippen LogP contribution in [0, 0.1) is 27.7 Å². The Labute approximate surface area is 221 Å². The second-order valence-corrected chi connectivity index (χ2v) is 10.8. The van der Waals surface area contributed by atoms with Crippen LogP contribution in [0.4, 0.5) is 0 Å². The van der Waals surface area contributed by atoms with Crippen LogP contribution in [0.2, 0.25) is 0 Å². The van der Waals surface area contributed by atoms with Crippen LogP contribution in [-0.2, 0) is 0 Å². The molecule has 0 aliphatic rings. The quantitative estimate of drug-likeness (QED) is 0.201. The van der Waals surface area contributed by atoms with Gasteiger partial charge in [0.2, 0.25) is 0 Å². The van der Waals surface area contributed by atoms with Crippen molar-refractivity contribution in [3.05, 3.63) is 106 Å². The molecule has 0 bridgehead atoms. The summed E-state index contributed by atoms with van der Waals surface area (Å²) in [5.74, 6) is 0. The molecular formula is C28H25BrN4S2. The Bertz CT molecular complexity index is 1440. The van der Waals surface area contributed by atoms with Gasteiger partial charge in [-0.25, -0.2) is 9.97 Å². The fourth-order valence-electron chi connectivity index (χ4n) is 3.54. The summed E-state index contributed by atoms with van der Waals surface area (Å²) in [6.45, 7) is 8.00. The van der Waals surface area contributed by atoms with Crippen molar-refractivity contribution in [2.75, 3.05) is 0 Å². The Balaban J connectivity index is 0.000000136. The topological polar surface area (TPSA) is 51.6 Å². The summed E-state index contributed by atoms with van der Waals surface area (Å²) in [5, 5.41) is 1.07. The van der Waals surface area contributed by atoms with E-state index in [2.05, 4.69) is 66.2 Å². The normalized spacial score (nSPS) is 10.4. The van der Waals surface area contributed by atoms with Gasteiger partial charge in [-0.3, -0.25) is 9.97 Å². The highest BCUT2D eigenvalue weighted by Crippen LogP contribution is 2.30. The Kier molecular flexibility index (Phi) is 8.33. The first-order chi connectivity index (χ1) is 16.9. The Morgan fingerprint density at radius 1 is 0.629 bits per heavy atom. The summed E-state index contributed by atoms with van der Waals surface area (Å²) < 4.78 is 3.60. The predicted octanol–water partition coefficient (Wildman–Crippen LogP) is 8.73. The summed E-state index contributed by atoms with van der Waals surface area (Å²) in [4.78, 5) is 17.4. The Morgan fingerprint density at radius 2 is 1.17 bits per heavy atom. The summed E-state index contributed by atoms with van der Waals surface area (Å²) in [5.41, 5.74) is 9.39. The van der Waals surface area contributed by atoms with Crippen LogP contribution in [0.5, 0.6) is 0 Å². The summed E-state index contributed by atoms with van der Waals surface area (Å²) in [7, 11) is 0. The lowest BCUT2D eigenvalue weighted by molar-refractivity contribution is 1.11. The largest absolute Gasteiger partial charge is 0.258 e. The smallest absolute Gasteiger partial charge is 0.124 e. The second kappa shape index (κ2) is 11.6. The van der Waals surface area contributed by atoms with Crippen LogP contribution in [-0.4, -0.2) is 19.9 Å². The SMILES string of the molecule is Cc1cc(-c2nc3ccccc3s2)cc(C)n1.Cc1cc(Br)cc(C)n1.c1ccc2scnc2c1. The van der Waals surface area contributed by atoms with Crippen molar-refractivity contribution in [1.82, 2.24) is 19.9 Å². The fraction of sp³-hybridized carbons (Fsp3) is 0.143. The van der Waals surface area contributed by atoms with Crippen molar-refractivity contribution in [3.63, 3.8) is 0 Å². The molecule has 0 unspecified atom stereocenters. The third-order valence-corrected chi connectivity index (χ3v) is 7.26. The average molecular weight is 562 g/mol. The third kappa shape index (κ3) is 7.01. The molecular weight excluding hydrogens is 536 g/mol. The molecule has 4 nitrogen and oxygen atoms in total. The molecule has 0 aliphatic carbocycles. The molecule has 0 spiro atoms. The van der Waals surface area contributed by atoms with Crippen LogP contribution >= 0.6 is 38.6 Å². The highest BCUT2D eigenvalue weighted by atomic mass is 79.9. The molecule has 35 heavy (non-hydrogen) atoms. The highest BCUT2D eigenvalue weighted by Gasteiger charge is 2.07. The number of para-hydroxylation sites is 2. The molecule has 2 aromatic carbocycles. The van der Waals surface area contributed by atoms with Crippen LogP contribution in [0.1, 0.15) is 22.8 Å². The van der Waals surface area contributed by atoms with Crippen LogP contribution in [0.15, 0.2) is 82.8 Å². The maximum absolute atomic E-state index is 4.66. The zero-order valence-corrected chi connectivity index (χ0v) is 23.2. The van der Waals surface area contributed by atoms with Gasteiger partial charge in [0.1, 0.15) is 5.01 Å². The molecule has 4 heterocycles. The number of hydrogen-bond acceptors (Lipinski definition) is 6. The van der Waals surface area contributed by atoms with Gasteiger partial charge in [0.15, 0.2) is 0 Å². The van der Waals surface area contributed by atoms with E-state index in [0.29, 0.717) is 0 Å². The van der Waals surface area contributed by atoms with Gasteiger partial charge >= 0.3 is 0 Å². The monoisotopic (exact) mass is 560 g/mol. The standard InChI is InChI=1S/C14H12N2S.C7H8BrN.C7H5NS/c1-9-7-11(8-10(2)15-9)14-16-12-5-3-4-6-13(12)17-14;1-5-3-7(8)4-6(2)9-5;1-2-4-7-6(3-1)8-5-9-7/h3-8H,1-2H3;3-4H,1-2H3;1-5H. The molecule has 0 radical (unpaired) electrons. The van der Waals surface area contributed by atoms with Gasteiger partial charge in [-0.2, -0.15) is 0 Å². The van der Waals surface area contributed by atoms with E-state index in [1.165, 1.54) is 9.40 Å². The number of benzene rings is 2. The number of aryl methyl sites for hydroxylation is 4. The lowest BCUT2D eigenvalue weighted by atomic mass is 10.2. The average Bonchev–Trinajstić information content (AvgIpc) is 3.45. The van der Waals surface area contributed by atoms with E-state index in [-0.39, 0.29) is 0 Å². The molecule has 0 fully saturated rings. The van der Waals surface area contributed by atoms with Crippen LogP contribution in [0.3, 0.4) is 0 Å². The maximum Gasteiger partial charge on any atom is 0.124 e. The molecule has 0 amide bonds. The minimum atomic E-state index is 1.04. The predicted molar refractivity (Wildman–Crippen MR) is 153 cm³/mol. The van der Waals surface area contributed by atoms with E-state index in [1.807, 2.05) is 75.7 Å². The number of aromatic nitrogens is 4. The molecule has 6 aromatic rings. The Morgan fingerprint density at radius 3 is 1.74 bits per heavy atom. The molecule has 4 aromatic heterocycles. The summed E-state index contributed by atoms with van der Waals surface area (Å²) in [6.07, 6.45) is 0. The molecule has 7 heteroatoms. The van der Waals surface area contributed by atoms with Crippen molar-refractivity contribution >= 4 is 59.0 Å². The minimum absolute atomic E-state index is 1.04. The fourth-order valence-corrected chi connectivity index (χ4v) is 5.83.